The van der Waals surface area contributed by atoms with Crippen LogP contribution < -0.4 is 9.46 Å². The van der Waals surface area contributed by atoms with Crippen molar-refractivity contribution < 1.29 is 27.8 Å². The van der Waals surface area contributed by atoms with Gasteiger partial charge in [0.25, 0.3) is 0 Å². The molecule has 0 spiro atoms. The normalized spacial score (nSPS) is 15.0. The third kappa shape index (κ3) is 7.15. The van der Waals surface area contributed by atoms with Crippen molar-refractivity contribution in [3.05, 3.63) is 42.6 Å². The number of carbonyl (C=O) groups is 1. The van der Waals surface area contributed by atoms with Crippen molar-refractivity contribution in [3.63, 3.8) is 0 Å². The maximum atomic E-state index is 12.1. The van der Waals surface area contributed by atoms with Gasteiger partial charge in [-0.2, -0.15) is 0 Å². The summed E-state index contributed by atoms with van der Waals surface area (Å²) in [6.07, 6.45) is 3.00. The molecule has 0 unspecified atom stereocenters. The number of piperidine rings is 1. The number of amides is 1. The second-order valence-electron chi connectivity index (χ2n) is 8.20. The lowest BCUT2D eigenvalue weighted by Gasteiger charge is -2.31. The summed E-state index contributed by atoms with van der Waals surface area (Å²) >= 11 is 0. The van der Waals surface area contributed by atoms with Crippen molar-refractivity contribution in [1.29, 1.82) is 0 Å². The Labute approximate surface area is 194 Å². The zero-order valence-corrected chi connectivity index (χ0v) is 19.8. The Morgan fingerprint density at radius 1 is 1.18 bits per heavy atom. The van der Waals surface area contributed by atoms with Gasteiger partial charge in [0.05, 0.1) is 36.1 Å². The van der Waals surface area contributed by atoms with Crippen LogP contribution in [-0.4, -0.2) is 68.5 Å². The van der Waals surface area contributed by atoms with E-state index < -0.39 is 10.0 Å². The van der Waals surface area contributed by atoms with E-state index in [2.05, 4.69) is 9.71 Å². The monoisotopic (exact) mass is 477 g/mol. The minimum Gasteiger partial charge on any atom is -0.492 e. The smallest absolute Gasteiger partial charge is 0.410 e. The quantitative estimate of drug-likeness (QED) is 0.570. The van der Waals surface area contributed by atoms with Gasteiger partial charge in [-0.05, 0) is 56.9 Å². The molecule has 1 saturated heterocycles. The molecule has 1 aromatic carbocycles. The summed E-state index contributed by atoms with van der Waals surface area (Å²) in [6.45, 7) is 5.28. The highest BCUT2D eigenvalue weighted by atomic mass is 32.2. The molecule has 3 rings (SSSR count). The van der Waals surface area contributed by atoms with Gasteiger partial charge >= 0.3 is 6.09 Å². The maximum absolute atomic E-state index is 12.1. The Bertz CT molecular complexity index is 1000. The number of nitrogens with zero attached hydrogens (tertiary/aromatic N) is 2. The number of aliphatic hydroxyl groups excluding tert-OH is 1. The van der Waals surface area contributed by atoms with Gasteiger partial charge in [-0.3, -0.25) is 4.98 Å². The molecule has 1 amide bonds. The fourth-order valence-corrected chi connectivity index (χ4v) is 4.50. The van der Waals surface area contributed by atoms with Gasteiger partial charge in [0.2, 0.25) is 10.0 Å². The molecule has 180 valence electrons. The van der Waals surface area contributed by atoms with Gasteiger partial charge < -0.3 is 19.5 Å². The first-order valence-electron chi connectivity index (χ1n) is 11.0. The van der Waals surface area contributed by atoms with Crippen molar-refractivity contribution in [1.82, 2.24) is 14.6 Å². The summed E-state index contributed by atoms with van der Waals surface area (Å²) in [6, 6.07) is 10.1. The predicted octanol–water partition coefficient (Wildman–Crippen LogP) is 2.66. The van der Waals surface area contributed by atoms with E-state index in [9.17, 15) is 13.2 Å². The van der Waals surface area contributed by atoms with E-state index >= 15 is 0 Å². The number of aliphatic hydroxyl groups is 1. The lowest BCUT2D eigenvalue weighted by atomic mass is 9.98. The summed E-state index contributed by atoms with van der Waals surface area (Å²) in [7, 11) is -3.64. The van der Waals surface area contributed by atoms with Gasteiger partial charge in [-0.1, -0.05) is 12.1 Å². The highest BCUT2D eigenvalue weighted by Crippen LogP contribution is 2.23. The molecule has 0 atom stereocenters. The van der Waals surface area contributed by atoms with Gasteiger partial charge in [-0.25, -0.2) is 17.9 Å². The number of aromatic nitrogens is 1. The summed E-state index contributed by atoms with van der Waals surface area (Å²) in [5.41, 5.74) is 1.48. The summed E-state index contributed by atoms with van der Waals surface area (Å²) in [5, 5.41) is 8.80. The highest BCUT2D eigenvalue weighted by Gasteiger charge is 2.24. The molecule has 2 N–H and O–H groups in total. The SMILES string of the molecule is CC(C)OC(=O)N1CCC(COc2ccc(-c3ccc(S(=O)(=O)NCCO)cc3)nc2)CC1. The number of rotatable bonds is 9. The second-order valence-corrected chi connectivity index (χ2v) is 9.97. The molecule has 0 saturated carbocycles. The van der Waals surface area contributed by atoms with Crippen LogP contribution in [0.1, 0.15) is 26.7 Å². The first-order chi connectivity index (χ1) is 15.8. The molecule has 33 heavy (non-hydrogen) atoms. The minimum atomic E-state index is -3.64. The van der Waals surface area contributed by atoms with Crippen molar-refractivity contribution in [3.8, 4) is 17.0 Å². The second kappa shape index (κ2) is 11.4. The molecule has 2 aromatic rings. The average Bonchev–Trinajstić information content (AvgIpc) is 2.82. The van der Waals surface area contributed by atoms with Crippen LogP contribution in [-0.2, 0) is 14.8 Å². The molecule has 1 aliphatic heterocycles. The van der Waals surface area contributed by atoms with Crippen molar-refractivity contribution in [2.24, 2.45) is 5.92 Å². The third-order valence-corrected chi connectivity index (χ3v) is 6.77. The van der Waals surface area contributed by atoms with Gasteiger partial charge in [0.15, 0.2) is 0 Å². The van der Waals surface area contributed by atoms with E-state index in [-0.39, 0.29) is 30.2 Å². The van der Waals surface area contributed by atoms with Crippen LogP contribution in [0.4, 0.5) is 4.79 Å². The average molecular weight is 478 g/mol. The lowest BCUT2D eigenvalue weighted by molar-refractivity contribution is 0.0608. The van der Waals surface area contributed by atoms with Crippen LogP contribution >= 0.6 is 0 Å². The Morgan fingerprint density at radius 3 is 2.45 bits per heavy atom. The van der Waals surface area contributed by atoms with E-state index in [1.54, 1.807) is 23.2 Å². The number of benzene rings is 1. The number of carbonyl (C=O) groups excluding carboxylic acids is 1. The number of nitrogens with one attached hydrogen (secondary N) is 1. The van der Waals surface area contributed by atoms with E-state index in [1.807, 2.05) is 26.0 Å². The van der Waals surface area contributed by atoms with Crippen LogP contribution in [0.5, 0.6) is 5.75 Å². The Kier molecular flexibility index (Phi) is 8.65. The van der Waals surface area contributed by atoms with Crippen molar-refractivity contribution in [2.45, 2.75) is 37.7 Å². The molecule has 0 radical (unpaired) electrons. The molecule has 10 heteroatoms. The number of sulfonamides is 1. The van der Waals surface area contributed by atoms with Crippen LogP contribution in [0, 0.1) is 5.92 Å². The highest BCUT2D eigenvalue weighted by molar-refractivity contribution is 7.89. The van der Waals surface area contributed by atoms with Gasteiger partial charge in [0, 0.05) is 25.2 Å². The van der Waals surface area contributed by atoms with Gasteiger partial charge in [0.1, 0.15) is 5.75 Å². The molecule has 0 bridgehead atoms. The standard InChI is InChI=1S/C23H31N3O6S/c1-17(2)32-23(28)26-12-9-18(10-13-26)16-31-20-5-8-22(24-15-20)19-3-6-21(7-4-19)33(29,30)25-11-14-27/h3-8,15,17-18,25,27H,9-14,16H2,1-2H3. The molecule has 2 heterocycles. The van der Waals surface area contributed by atoms with Crippen LogP contribution in [0.2, 0.25) is 0 Å². The fourth-order valence-electron chi connectivity index (χ4n) is 3.48. The van der Waals surface area contributed by atoms with Crippen LogP contribution in [0.25, 0.3) is 11.3 Å². The van der Waals surface area contributed by atoms with Crippen LogP contribution in [0.15, 0.2) is 47.5 Å². The van der Waals surface area contributed by atoms with E-state index in [4.69, 9.17) is 14.6 Å². The number of likely N-dealkylation sites (tertiary alicyclic amines) is 1. The minimum absolute atomic E-state index is 0.0309. The first kappa shape index (κ1) is 24.9. The Hall–Kier alpha value is -2.69. The molecule has 0 aliphatic carbocycles. The number of hydrogen-bond acceptors (Lipinski definition) is 7. The third-order valence-electron chi connectivity index (χ3n) is 5.30. The Morgan fingerprint density at radius 2 is 1.88 bits per heavy atom. The lowest BCUT2D eigenvalue weighted by Crippen LogP contribution is -2.40. The number of hydrogen-bond donors (Lipinski definition) is 2. The summed E-state index contributed by atoms with van der Waals surface area (Å²) < 4.78 is 37.7. The fraction of sp³-hybridized carbons (Fsp3) is 0.478. The molecule has 1 aromatic heterocycles. The van der Waals surface area contributed by atoms with E-state index in [1.165, 1.54) is 12.1 Å². The van der Waals surface area contributed by atoms with Crippen molar-refractivity contribution >= 4 is 16.1 Å². The van der Waals surface area contributed by atoms with E-state index in [0.717, 1.165) is 18.4 Å². The number of ether oxygens (including phenoxy) is 2. The molecule has 1 aliphatic rings. The largest absolute Gasteiger partial charge is 0.492 e. The van der Waals surface area contributed by atoms with E-state index in [0.29, 0.717) is 37.1 Å². The Balaban J connectivity index is 1.49. The molecule has 1 fully saturated rings. The summed E-state index contributed by atoms with van der Waals surface area (Å²) in [5.74, 6) is 1.02. The van der Waals surface area contributed by atoms with Gasteiger partial charge in [-0.15, -0.1) is 0 Å². The summed E-state index contributed by atoms with van der Waals surface area (Å²) in [4.78, 5) is 18.3. The predicted molar refractivity (Wildman–Crippen MR) is 123 cm³/mol. The zero-order valence-electron chi connectivity index (χ0n) is 18.9. The maximum Gasteiger partial charge on any atom is 0.410 e. The molecular formula is C23H31N3O6S. The van der Waals surface area contributed by atoms with Crippen LogP contribution in [0.3, 0.4) is 0 Å². The first-order valence-corrected chi connectivity index (χ1v) is 12.5. The zero-order chi connectivity index (χ0) is 23.8. The van der Waals surface area contributed by atoms with Crippen molar-refractivity contribution in [2.75, 3.05) is 32.8 Å². The number of pyridine rings is 1. The topological polar surface area (TPSA) is 118 Å². The molecular weight excluding hydrogens is 446 g/mol. The molecule has 9 nitrogen and oxygen atoms in total.